The first kappa shape index (κ1) is 16.4. The fourth-order valence-electron chi connectivity index (χ4n) is 3.12. The first-order valence-electron chi connectivity index (χ1n) is 7.64. The number of nitrogens with two attached hydrogens (primary N) is 1. The van der Waals surface area contributed by atoms with E-state index in [-0.39, 0.29) is 17.5 Å². The molecule has 0 unspecified atom stereocenters. The Morgan fingerprint density at radius 1 is 1.42 bits per heavy atom. The molecular formula is C15H31N3O. The van der Waals surface area contributed by atoms with Crippen molar-refractivity contribution < 1.29 is 4.79 Å². The van der Waals surface area contributed by atoms with E-state index in [4.69, 9.17) is 5.73 Å². The molecule has 1 amide bonds. The van der Waals surface area contributed by atoms with Crippen LogP contribution in [0.2, 0.25) is 0 Å². The zero-order chi connectivity index (χ0) is 14.5. The van der Waals surface area contributed by atoms with E-state index in [1.807, 2.05) is 20.9 Å². The van der Waals surface area contributed by atoms with E-state index < -0.39 is 0 Å². The van der Waals surface area contributed by atoms with E-state index in [1.54, 1.807) is 0 Å². The number of carbonyl (C=O) groups is 1. The molecule has 0 heterocycles. The topological polar surface area (TPSA) is 58.4 Å². The van der Waals surface area contributed by atoms with Crippen LogP contribution in [0.4, 0.5) is 0 Å². The van der Waals surface area contributed by atoms with Crippen LogP contribution >= 0.6 is 0 Å². The highest BCUT2D eigenvalue weighted by Crippen LogP contribution is 2.36. The van der Waals surface area contributed by atoms with Crippen LogP contribution in [0.15, 0.2) is 0 Å². The predicted octanol–water partition coefficient (Wildman–Crippen LogP) is 1.74. The summed E-state index contributed by atoms with van der Waals surface area (Å²) in [5.41, 5.74) is 6.06. The van der Waals surface area contributed by atoms with Crippen LogP contribution in [0.3, 0.4) is 0 Å². The Kier molecular flexibility index (Phi) is 6.27. The highest BCUT2D eigenvalue weighted by molar-refractivity contribution is 5.78. The summed E-state index contributed by atoms with van der Waals surface area (Å²) >= 11 is 0. The molecule has 0 saturated heterocycles. The minimum Gasteiger partial charge on any atom is -0.353 e. The highest BCUT2D eigenvalue weighted by atomic mass is 16.2. The van der Waals surface area contributed by atoms with Gasteiger partial charge in [0, 0.05) is 18.1 Å². The van der Waals surface area contributed by atoms with E-state index >= 15 is 0 Å². The highest BCUT2D eigenvalue weighted by Gasteiger charge is 2.37. The molecule has 4 heteroatoms. The van der Waals surface area contributed by atoms with Gasteiger partial charge in [-0.3, -0.25) is 9.69 Å². The van der Waals surface area contributed by atoms with Crippen molar-refractivity contribution >= 4 is 5.91 Å². The second kappa shape index (κ2) is 7.25. The van der Waals surface area contributed by atoms with Crippen molar-refractivity contribution in [3.05, 3.63) is 0 Å². The van der Waals surface area contributed by atoms with Crippen LogP contribution in [-0.2, 0) is 4.79 Å². The average Bonchev–Trinajstić information content (AvgIpc) is 2.37. The maximum Gasteiger partial charge on any atom is 0.234 e. The molecule has 0 radical (unpaired) electrons. The molecule has 3 N–H and O–H groups in total. The van der Waals surface area contributed by atoms with E-state index in [9.17, 15) is 4.79 Å². The van der Waals surface area contributed by atoms with Crippen molar-refractivity contribution in [3.8, 4) is 0 Å². The zero-order valence-corrected chi connectivity index (χ0v) is 13.0. The van der Waals surface area contributed by atoms with Gasteiger partial charge in [0.1, 0.15) is 0 Å². The average molecular weight is 269 g/mol. The SMILES string of the molecule is CCC1CCC(CN)(N(C)CC(=O)NC(C)C)CC1. The zero-order valence-electron chi connectivity index (χ0n) is 13.0. The molecule has 0 atom stereocenters. The Bertz CT molecular complexity index is 283. The largest absolute Gasteiger partial charge is 0.353 e. The lowest BCUT2D eigenvalue weighted by atomic mass is 9.74. The Labute approximate surface area is 118 Å². The van der Waals surface area contributed by atoms with Crippen LogP contribution in [0.1, 0.15) is 52.9 Å². The van der Waals surface area contributed by atoms with Crippen molar-refractivity contribution in [2.45, 2.75) is 64.5 Å². The van der Waals surface area contributed by atoms with Crippen molar-refractivity contribution in [2.24, 2.45) is 11.7 Å². The maximum atomic E-state index is 11.9. The Morgan fingerprint density at radius 2 is 2.00 bits per heavy atom. The summed E-state index contributed by atoms with van der Waals surface area (Å²) < 4.78 is 0. The first-order valence-corrected chi connectivity index (χ1v) is 7.64. The Hall–Kier alpha value is -0.610. The minimum absolute atomic E-state index is 0.0278. The number of carbonyl (C=O) groups excluding carboxylic acids is 1. The monoisotopic (exact) mass is 269 g/mol. The Balaban J connectivity index is 2.56. The number of amides is 1. The quantitative estimate of drug-likeness (QED) is 0.772. The second-order valence-electron chi connectivity index (χ2n) is 6.36. The van der Waals surface area contributed by atoms with Crippen molar-refractivity contribution in [3.63, 3.8) is 0 Å². The third-order valence-corrected chi connectivity index (χ3v) is 4.63. The molecule has 1 fully saturated rings. The number of nitrogens with zero attached hydrogens (tertiary/aromatic N) is 1. The fraction of sp³-hybridized carbons (Fsp3) is 0.933. The summed E-state index contributed by atoms with van der Waals surface area (Å²) in [6.45, 7) is 7.34. The van der Waals surface area contributed by atoms with Crippen molar-refractivity contribution in [1.29, 1.82) is 0 Å². The fourth-order valence-corrected chi connectivity index (χ4v) is 3.12. The molecule has 0 spiro atoms. The molecule has 112 valence electrons. The molecule has 1 aliphatic carbocycles. The smallest absolute Gasteiger partial charge is 0.234 e. The molecule has 19 heavy (non-hydrogen) atoms. The lowest BCUT2D eigenvalue weighted by Gasteiger charge is -2.45. The van der Waals surface area contributed by atoms with Crippen LogP contribution in [0, 0.1) is 5.92 Å². The summed E-state index contributed by atoms with van der Waals surface area (Å²) in [4.78, 5) is 14.1. The molecule has 1 aliphatic rings. The molecule has 0 aromatic heterocycles. The molecule has 0 aromatic rings. The predicted molar refractivity (Wildman–Crippen MR) is 79.9 cm³/mol. The molecule has 0 aliphatic heterocycles. The summed E-state index contributed by atoms with van der Waals surface area (Å²) in [6.07, 6.45) is 5.98. The van der Waals surface area contributed by atoms with Crippen LogP contribution < -0.4 is 11.1 Å². The van der Waals surface area contributed by atoms with Gasteiger partial charge in [-0.05, 0) is 52.5 Å². The molecule has 0 aromatic carbocycles. The van der Waals surface area contributed by atoms with Crippen LogP contribution in [0.5, 0.6) is 0 Å². The van der Waals surface area contributed by atoms with Gasteiger partial charge in [-0.25, -0.2) is 0 Å². The summed E-state index contributed by atoms with van der Waals surface area (Å²) in [6, 6.07) is 0.200. The third kappa shape index (κ3) is 4.46. The van der Waals surface area contributed by atoms with Gasteiger partial charge >= 0.3 is 0 Å². The van der Waals surface area contributed by atoms with Crippen LogP contribution in [-0.4, -0.2) is 42.5 Å². The summed E-state index contributed by atoms with van der Waals surface area (Å²) in [7, 11) is 2.04. The van der Waals surface area contributed by atoms with Gasteiger partial charge in [-0.1, -0.05) is 13.3 Å². The van der Waals surface area contributed by atoms with E-state index in [1.165, 1.54) is 19.3 Å². The second-order valence-corrected chi connectivity index (χ2v) is 6.36. The summed E-state index contributed by atoms with van der Waals surface area (Å²) in [5.74, 6) is 0.945. The third-order valence-electron chi connectivity index (χ3n) is 4.63. The van der Waals surface area contributed by atoms with Gasteiger partial charge < -0.3 is 11.1 Å². The molecule has 1 rings (SSSR count). The van der Waals surface area contributed by atoms with Gasteiger partial charge in [0.2, 0.25) is 5.91 Å². The lowest BCUT2D eigenvalue weighted by molar-refractivity contribution is -0.124. The number of nitrogens with one attached hydrogen (secondary N) is 1. The minimum atomic E-state index is 0.0278. The lowest BCUT2D eigenvalue weighted by Crippen LogP contribution is -2.56. The van der Waals surface area contributed by atoms with E-state index in [0.29, 0.717) is 13.1 Å². The first-order chi connectivity index (χ1) is 8.93. The molecule has 4 nitrogen and oxygen atoms in total. The Morgan fingerprint density at radius 3 is 2.42 bits per heavy atom. The van der Waals surface area contributed by atoms with E-state index in [2.05, 4.69) is 17.1 Å². The molecular weight excluding hydrogens is 238 g/mol. The van der Waals surface area contributed by atoms with Gasteiger partial charge in [0.15, 0.2) is 0 Å². The molecule has 0 bridgehead atoms. The number of rotatable bonds is 6. The number of hydrogen-bond donors (Lipinski definition) is 2. The van der Waals surface area contributed by atoms with Gasteiger partial charge in [-0.2, -0.15) is 0 Å². The van der Waals surface area contributed by atoms with Gasteiger partial charge in [-0.15, -0.1) is 0 Å². The number of likely N-dealkylation sites (N-methyl/N-ethyl adjacent to an activating group) is 1. The van der Waals surface area contributed by atoms with E-state index in [0.717, 1.165) is 18.8 Å². The maximum absolute atomic E-state index is 11.9. The van der Waals surface area contributed by atoms with Crippen molar-refractivity contribution in [1.82, 2.24) is 10.2 Å². The van der Waals surface area contributed by atoms with Crippen molar-refractivity contribution in [2.75, 3.05) is 20.1 Å². The summed E-state index contributed by atoms with van der Waals surface area (Å²) in [5, 5.41) is 2.95. The van der Waals surface area contributed by atoms with Gasteiger partial charge in [0.05, 0.1) is 6.54 Å². The standard InChI is InChI=1S/C15H31N3O/c1-5-13-6-8-15(11-16,9-7-13)18(4)10-14(19)17-12(2)3/h12-13H,5-11,16H2,1-4H3,(H,17,19). The van der Waals surface area contributed by atoms with Crippen LogP contribution in [0.25, 0.3) is 0 Å². The normalized spacial score (nSPS) is 27.8. The molecule has 1 saturated carbocycles. The van der Waals surface area contributed by atoms with Gasteiger partial charge in [0.25, 0.3) is 0 Å². The number of hydrogen-bond acceptors (Lipinski definition) is 3.